The fraction of sp³-hybridized carbons (Fsp3) is 0.417. The van der Waals surface area contributed by atoms with Gasteiger partial charge in [0.25, 0.3) is 5.91 Å². The first-order valence-corrected chi connectivity index (χ1v) is 10.5. The Morgan fingerprint density at radius 2 is 1.72 bits per heavy atom. The molecule has 1 aliphatic rings. The number of carbonyl (C=O) groups excluding carboxylic acids is 2. The highest BCUT2D eigenvalue weighted by Gasteiger charge is 2.26. The fourth-order valence-electron chi connectivity index (χ4n) is 3.58. The molecular formula is C24H31N3O2. The first-order chi connectivity index (χ1) is 14.0. The fourth-order valence-corrected chi connectivity index (χ4v) is 3.58. The van der Waals surface area contributed by atoms with Crippen molar-refractivity contribution in [3.63, 3.8) is 0 Å². The molecule has 0 spiro atoms. The molecule has 5 heteroatoms. The topological polar surface area (TPSA) is 61.4 Å². The van der Waals surface area contributed by atoms with E-state index in [1.54, 1.807) is 12.1 Å². The third-order valence-electron chi connectivity index (χ3n) is 5.68. The molecule has 0 saturated carbocycles. The largest absolute Gasteiger partial charge is 0.371 e. The highest BCUT2D eigenvalue weighted by Crippen LogP contribution is 2.25. The molecule has 154 valence electrons. The van der Waals surface area contributed by atoms with Crippen molar-refractivity contribution >= 4 is 23.2 Å². The summed E-state index contributed by atoms with van der Waals surface area (Å²) >= 11 is 0. The number of anilines is 2. The second-order valence-electron chi connectivity index (χ2n) is 7.91. The van der Waals surface area contributed by atoms with E-state index in [-0.39, 0.29) is 23.8 Å². The Bertz CT molecular complexity index is 839. The lowest BCUT2D eigenvalue weighted by atomic mass is 9.95. The van der Waals surface area contributed by atoms with Gasteiger partial charge in [-0.3, -0.25) is 9.59 Å². The molecule has 5 nitrogen and oxygen atoms in total. The smallest absolute Gasteiger partial charge is 0.253 e. The van der Waals surface area contributed by atoms with E-state index in [4.69, 9.17) is 0 Å². The summed E-state index contributed by atoms with van der Waals surface area (Å²) in [6, 6.07) is 15.8. The van der Waals surface area contributed by atoms with Crippen LogP contribution in [0.25, 0.3) is 0 Å². The van der Waals surface area contributed by atoms with Crippen molar-refractivity contribution in [2.45, 2.75) is 46.1 Å². The first-order valence-electron chi connectivity index (χ1n) is 10.5. The van der Waals surface area contributed by atoms with E-state index >= 15 is 0 Å². The number of amides is 2. The lowest BCUT2D eigenvalue weighted by Crippen LogP contribution is -2.38. The molecule has 2 N–H and O–H groups in total. The number of piperidine rings is 1. The molecule has 0 unspecified atom stereocenters. The summed E-state index contributed by atoms with van der Waals surface area (Å²) < 4.78 is 0. The molecule has 2 amide bonds. The van der Waals surface area contributed by atoms with E-state index in [2.05, 4.69) is 46.7 Å². The van der Waals surface area contributed by atoms with Crippen LogP contribution in [0.3, 0.4) is 0 Å². The molecule has 1 heterocycles. The van der Waals surface area contributed by atoms with Crippen LogP contribution in [0.5, 0.6) is 0 Å². The second-order valence-corrected chi connectivity index (χ2v) is 7.91. The van der Waals surface area contributed by atoms with Gasteiger partial charge in [0.1, 0.15) is 0 Å². The van der Waals surface area contributed by atoms with Crippen LogP contribution < -0.4 is 15.5 Å². The van der Waals surface area contributed by atoms with Crippen LogP contribution in [-0.2, 0) is 4.79 Å². The molecule has 2 aromatic carbocycles. The van der Waals surface area contributed by atoms with Crippen LogP contribution in [0.2, 0.25) is 0 Å². The predicted octanol–water partition coefficient (Wildman–Crippen LogP) is 4.38. The highest BCUT2D eigenvalue weighted by molar-refractivity contribution is 6.04. The molecule has 1 aliphatic heterocycles. The zero-order valence-electron chi connectivity index (χ0n) is 17.6. The summed E-state index contributed by atoms with van der Waals surface area (Å²) in [5.74, 6) is -0.191. The van der Waals surface area contributed by atoms with Crippen LogP contribution in [0, 0.1) is 12.8 Å². The van der Waals surface area contributed by atoms with Gasteiger partial charge in [-0.15, -0.1) is 0 Å². The summed E-state index contributed by atoms with van der Waals surface area (Å²) in [5.41, 5.74) is 3.55. The van der Waals surface area contributed by atoms with Gasteiger partial charge in [-0.2, -0.15) is 0 Å². The minimum Gasteiger partial charge on any atom is -0.371 e. The van der Waals surface area contributed by atoms with E-state index in [1.165, 1.54) is 11.3 Å². The van der Waals surface area contributed by atoms with Gasteiger partial charge in [0.2, 0.25) is 5.91 Å². The van der Waals surface area contributed by atoms with Crippen molar-refractivity contribution in [1.29, 1.82) is 0 Å². The SMILES string of the molecule is CC[C@H](C)NC(=O)c1ccccc1NC(=O)C1CCN(c2ccc(C)cc2)CC1. The molecule has 0 radical (unpaired) electrons. The molecule has 0 aliphatic carbocycles. The van der Waals surface area contributed by atoms with Gasteiger partial charge in [-0.25, -0.2) is 0 Å². The van der Waals surface area contributed by atoms with Crippen LogP contribution in [-0.4, -0.2) is 30.9 Å². The van der Waals surface area contributed by atoms with Crippen molar-refractivity contribution in [2.75, 3.05) is 23.3 Å². The minimum absolute atomic E-state index is 0.00246. The number of carbonyl (C=O) groups is 2. The maximum Gasteiger partial charge on any atom is 0.253 e. The van der Waals surface area contributed by atoms with Crippen molar-refractivity contribution in [1.82, 2.24) is 5.32 Å². The van der Waals surface area contributed by atoms with Crippen LogP contribution in [0.4, 0.5) is 11.4 Å². The maximum absolute atomic E-state index is 12.8. The van der Waals surface area contributed by atoms with Gasteiger partial charge < -0.3 is 15.5 Å². The normalized spacial score (nSPS) is 15.6. The molecule has 3 rings (SSSR count). The van der Waals surface area contributed by atoms with Crippen molar-refractivity contribution in [3.05, 3.63) is 59.7 Å². The Kier molecular flexibility index (Phi) is 6.91. The number of aryl methyl sites for hydroxylation is 1. The van der Waals surface area contributed by atoms with E-state index in [9.17, 15) is 9.59 Å². The summed E-state index contributed by atoms with van der Waals surface area (Å²) in [4.78, 5) is 27.7. The predicted molar refractivity (Wildman–Crippen MR) is 118 cm³/mol. The molecular weight excluding hydrogens is 362 g/mol. The van der Waals surface area contributed by atoms with Crippen LogP contribution >= 0.6 is 0 Å². The second kappa shape index (κ2) is 9.59. The summed E-state index contributed by atoms with van der Waals surface area (Å²) in [6.45, 7) is 7.80. The molecule has 1 fully saturated rings. The number of para-hydroxylation sites is 1. The van der Waals surface area contributed by atoms with Gasteiger partial charge in [0.15, 0.2) is 0 Å². The number of benzene rings is 2. The number of nitrogens with one attached hydrogen (secondary N) is 2. The van der Waals surface area contributed by atoms with Gasteiger partial charge >= 0.3 is 0 Å². The summed E-state index contributed by atoms with van der Waals surface area (Å²) in [5, 5.41) is 5.97. The van der Waals surface area contributed by atoms with E-state index in [1.807, 2.05) is 26.0 Å². The molecule has 0 bridgehead atoms. The lowest BCUT2D eigenvalue weighted by Gasteiger charge is -2.33. The Morgan fingerprint density at radius 1 is 1.07 bits per heavy atom. The Balaban J connectivity index is 1.60. The van der Waals surface area contributed by atoms with E-state index in [0.29, 0.717) is 11.3 Å². The Labute approximate surface area is 173 Å². The monoisotopic (exact) mass is 393 g/mol. The molecule has 2 aromatic rings. The zero-order valence-corrected chi connectivity index (χ0v) is 17.6. The Hall–Kier alpha value is -2.82. The van der Waals surface area contributed by atoms with E-state index < -0.39 is 0 Å². The van der Waals surface area contributed by atoms with E-state index in [0.717, 1.165) is 32.4 Å². The lowest BCUT2D eigenvalue weighted by molar-refractivity contribution is -0.120. The summed E-state index contributed by atoms with van der Waals surface area (Å²) in [7, 11) is 0. The maximum atomic E-state index is 12.8. The van der Waals surface area contributed by atoms with Gasteiger partial charge in [0.05, 0.1) is 11.3 Å². The standard InChI is InChI=1S/C24H31N3O2/c1-4-18(3)25-24(29)21-7-5-6-8-22(21)26-23(28)19-13-15-27(16-14-19)20-11-9-17(2)10-12-20/h5-12,18-19H,4,13-16H2,1-3H3,(H,25,29)(H,26,28)/t18-/m0/s1. The third-order valence-corrected chi connectivity index (χ3v) is 5.68. The zero-order chi connectivity index (χ0) is 20.8. The quantitative estimate of drug-likeness (QED) is 0.766. The number of rotatable bonds is 6. The van der Waals surface area contributed by atoms with Gasteiger partial charge in [-0.05, 0) is 57.4 Å². The number of nitrogens with zero attached hydrogens (tertiary/aromatic N) is 1. The average molecular weight is 394 g/mol. The molecule has 1 atom stereocenters. The first kappa shape index (κ1) is 20.9. The van der Waals surface area contributed by atoms with Crippen LogP contribution in [0.1, 0.15) is 49.0 Å². The van der Waals surface area contributed by atoms with Crippen molar-refractivity contribution in [2.24, 2.45) is 5.92 Å². The molecule has 0 aromatic heterocycles. The van der Waals surface area contributed by atoms with Crippen LogP contribution in [0.15, 0.2) is 48.5 Å². The number of hydrogen-bond acceptors (Lipinski definition) is 3. The van der Waals surface area contributed by atoms with Crippen molar-refractivity contribution in [3.8, 4) is 0 Å². The molecule has 29 heavy (non-hydrogen) atoms. The van der Waals surface area contributed by atoms with Gasteiger partial charge in [0, 0.05) is 30.7 Å². The molecule has 1 saturated heterocycles. The number of hydrogen-bond donors (Lipinski definition) is 2. The average Bonchev–Trinajstić information content (AvgIpc) is 2.74. The Morgan fingerprint density at radius 3 is 2.38 bits per heavy atom. The van der Waals surface area contributed by atoms with Crippen molar-refractivity contribution < 1.29 is 9.59 Å². The summed E-state index contributed by atoms with van der Waals surface area (Å²) in [6.07, 6.45) is 2.47. The highest BCUT2D eigenvalue weighted by atomic mass is 16.2. The third kappa shape index (κ3) is 5.37. The van der Waals surface area contributed by atoms with Gasteiger partial charge in [-0.1, -0.05) is 36.8 Å². The minimum atomic E-state index is -0.149.